The standard InChI is InChI=1S/C14H19N3O2/c1-8-6-12(14(18)19)11(4)17(8)7-13-9(2)15-16(5)10(13)3/h6H,7H2,1-5H3,(H,18,19). The Kier molecular flexibility index (Phi) is 3.22. The molecule has 5 heteroatoms. The van der Waals surface area contributed by atoms with Gasteiger partial charge in [0.2, 0.25) is 0 Å². The van der Waals surface area contributed by atoms with Gasteiger partial charge in [0.05, 0.1) is 17.8 Å². The molecule has 0 aromatic carbocycles. The second-order valence-corrected chi connectivity index (χ2v) is 4.95. The molecule has 2 heterocycles. The zero-order valence-corrected chi connectivity index (χ0v) is 12.0. The summed E-state index contributed by atoms with van der Waals surface area (Å²) in [6.07, 6.45) is 0. The molecule has 102 valence electrons. The molecule has 1 N–H and O–H groups in total. The summed E-state index contributed by atoms with van der Waals surface area (Å²) in [4.78, 5) is 11.1. The molecular formula is C14H19N3O2. The zero-order chi connectivity index (χ0) is 14.3. The van der Waals surface area contributed by atoms with Crippen molar-refractivity contribution in [2.24, 2.45) is 7.05 Å². The number of rotatable bonds is 3. The van der Waals surface area contributed by atoms with E-state index >= 15 is 0 Å². The summed E-state index contributed by atoms with van der Waals surface area (Å²) in [5.41, 5.74) is 5.37. The Balaban J connectivity index is 2.47. The van der Waals surface area contributed by atoms with Crippen LogP contribution in [0.4, 0.5) is 0 Å². The quantitative estimate of drug-likeness (QED) is 0.921. The Morgan fingerprint density at radius 2 is 1.89 bits per heavy atom. The van der Waals surface area contributed by atoms with Crippen LogP contribution in [0.1, 0.15) is 38.7 Å². The van der Waals surface area contributed by atoms with Crippen molar-refractivity contribution in [3.05, 3.63) is 40.0 Å². The zero-order valence-electron chi connectivity index (χ0n) is 12.0. The summed E-state index contributed by atoms with van der Waals surface area (Å²) in [6.45, 7) is 8.45. The van der Waals surface area contributed by atoms with Crippen LogP contribution in [0.25, 0.3) is 0 Å². The summed E-state index contributed by atoms with van der Waals surface area (Å²) >= 11 is 0. The van der Waals surface area contributed by atoms with E-state index in [0.717, 1.165) is 28.3 Å². The normalized spacial score (nSPS) is 11.0. The van der Waals surface area contributed by atoms with Gasteiger partial charge in [-0.2, -0.15) is 5.10 Å². The van der Waals surface area contributed by atoms with Crippen molar-refractivity contribution in [2.45, 2.75) is 34.2 Å². The molecule has 0 spiro atoms. The number of hydrogen-bond donors (Lipinski definition) is 1. The molecule has 0 amide bonds. The van der Waals surface area contributed by atoms with Gasteiger partial charge in [0, 0.05) is 29.7 Å². The molecule has 2 rings (SSSR count). The lowest BCUT2D eigenvalue weighted by atomic mass is 10.2. The first-order valence-corrected chi connectivity index (χ1v) is 6.22. The molecule has 5 nitrogen and oxygen atoms in total. The van der Waals surface area contributed by atoms with Crippen LogP contribution in [0.5, 0.6) is 0 Å². The average Bonchev–Trinajstić information content (AvgIpc) is 2.73. The van der Waals surface area contributed by atoms with E-state index in [-0.39, 0.29) is 0 Å². The number of aryl methyl sites for hydroxylation is 3. The number of aromatic carboxylic acids is 1. The Morgan fingerprint density at radius 3 is 2.32 bits per heavy atom. The Bertz CT molecular complexity index is 650. The van der Waals surface area contributed by atoms with E-state index in [1.807, 2.05) is 44.0 Å². The highest BCUT2D eigenvalue weighted by Crippen LogP contribution is 2.20. The molecule has 0 saturated carbocycles. The maximum absolute atomic E-state index is 11.1. The van der Waals surface area contributed by atoms with Crippen molar-refractivity contribution in [1.29, 1.82) is 0 Å². The van der Waals surface area contributed by atoms with Gasteiger partial charge in [-0.3, -0.25) is 4.68 Å². The summed E-state index contributed by atoms with van der Waals surface area (Å²) in [6, 6.07) is 1.72. The van der Waals surface area contributed by atoms with E-state index in [0.29, 0.717) is 12.1 Å². The molecule has 0 bridgehead atoms. The molecule has 0 atom stereocenters. The largest absolute Gasteiger partial charge is 0.478 e. The molecule has 0 unspecified atom stereocenters. The average molecular weight is 261 g/mol. The maximum Gasteiger partial charge on any atom is 0.337 e. The van der Waals surface area contributed by atoms with E-state index in [2.05, 4.69) is 5.10 Å². The molecule has 0 aliphatic heterocycles. The van der Waals surface area contributed by atoms with Gasteiger partial charge in [-0.1, -0.05) is 0 Å². The summed E-state index contributed by atoms with van der Waals surface area (Å²) < 4.78 is 3.89. The minimum absolute atomic E-state index is 0.372. The van der Waals surface area contributed by atoms with Crippen LogP contribution in [0.15, 0.2) is 6.07 Å². The van der Waals surface area contributed by atoms with Gasteiger partial charge < -0.3 is 9.67 Å². The first kappa shape index (κ1) is 13.4. The fourth-order valence-electron chi connectivity index (χ4n) is 2.47. The fourth-order valence-corrected chi connectivity index (χ4v) is 2.47. The van der Waals surface area contributed by atoms with Gasteiger partial charge >= 0.3 is 5.97 Å². The molecule has 2 aromatic rings. The lowest BCUT2D eigenvalue weighted by molar-refractivity contribution is 0.0696. The predicted octanol–water partition coefficient (Wildman–Crippen LogP) is 2.20. The van der Waals surface area contributed by atoms with Gasteiger partial charge in [0.1, 0.15) is 0 Å². The molecule has 0 aliphatic carbocycles. The smallest absolute Gasteiger partial charge is 0.337 e. The topological polar surface area (TPSA) is 60.0 Å². The van der Waals surface area contributed by atoms with E-state index in [9.17, 15) is 4.79 Å². The van der Waals surface area contributed by atoms with Crippen LogP contribution >= 0.6 is 0 Å². The lowest BCUT2D eigenvalue weighted by Crippen LogP contribution is -2.07. The van der Waals surface area contributed by atoms with Crippen LogP contribution in [-0.2, 0) is 13.6 Å². The van der Waals surface area contributed by atoms with Crippen LogP contribution in [0, 0.1) is 27.7 Å². The number of hydrogen-bond acceptors (Lipinski definition) is 2. The first-order valence-electron chi connectivity index (χ1n) is 6.22. The van der Waals surface area contributed by atoms with Crippen LogP contribution in [-0.4, -0.2) is 25.4 Å². The van der Waals surface area contributed by atoms with E-state index < -0.39 is 5.97 Å². The summed E-state index contributed by atoms with van der Waals surface area (Å²) in [5, 5.41) is 13.5. The Labute approximate surface area is 112 Å². The monoisotopic (exact) mass is 261 g/mol. The highest BCUT2D eigenvalue weighted by atomic mass is 16.4. The van der Waals surface area contributed by atoms with Crippen molar-refractivity contribution >= 4 is 5.97 Å². The highest BCUT2D eigenvalue weighted by molar-refractivity contribution is 5.89. The third kappa shape index (κ3) is 2.16. The molecule has 0 saturated heterocycles. The Hall–Kier alpha value is -2.04. The molecular weight excluding hydrogens is 242 g/mol. The molecule has 0 aliphatic rings. The van der Waals surface area contributed by atoms with Crippen molar-refractivity contribution in [1.82, 2.24) is 14.3 Å². The SMILES string of the molecule is Cc1nn(C)c(C)c1Cn1c(C)cc(C(=O)O)c1C. The second kappa shape index (κ2) is 4.57. The number of carboxylic acid groups (broad SMARTS) is 1. The fraction of sp³-hybridized carbons (Fsp3) is 0.429. The van der Waals surface area contributed by atoms with Crippen LogP contribution in [0.3, 0.4) is 0 Å². The van der Waals surface area contributed by atoms with Gasteiger partial charge in [-0.15, -0.1) is 0 Å². The third-order valence-electron chi connectivity index (χ3n) is 3.78. The van der Waals surface area contributed by atoms with Crippen molar-refractivity contribution in [2.75, 3.05) is 0 Å². The van der Waals surface area contributed by atoms with Gasteiger partial charge in [0.25, 0.3) is 0 Å². The van der Waals surface area contributed by atoms with E-state index in [1.54, 1.807) is 6.07 Å². The molecule has 0 fully saturated rings. The lowest BCUT2D eigenvalue weighted by Gasteiger charge is -2.10. The minimum Gasteiger partial charge on any atom is -0.478 e. The molecule has 2 aromatic heterocycles. The summed E-state index contributed by atoms with van der Waals surface area (Å²) in [7, 11) is 1.92. The van der Waals surface area contributed by atoms with E-state index in [4.69, 9.17) is 5.11 Å². The number of aromatic nitrogens is 3. The van der Waals surface area contributed by atoms with Crippen molar-refractivity contribution in [3.63, 3.8) is 0 Å². The van der Waals surface area contributed by atoms with Crippen molar-refractivity contribution < 1.29 is 9.90 Å². The second-order valence-electron chi connectivity index (χ2n) is 4.95. The number of nitrogens with zero attached hydrogens (tertiary/aromatic N) is 3. The van der Waals surface area contributed by atoms with Gasteiger partial charge in [0.15, 0.2) is 0 Å². The number of carbonyl (C=O) groups is 1. The minimum atomic E-state index is -0.876. The third-order valence-corrected chi connectivity index (χ3v) is 3.78. The summed E-state index contributed by atoms with van der Waals surface area (Å²) in [5.74, 6) is -0.876. The van der Waals surface area contributed by atoms with Gasteiger partial charge in [-0.05, 0) is 33.8 Å². The number of carboxylic acids is 1. The first-order chi connectivity index (χ1) is 8.82. The van der Waals surface area contributed by atoms with E-state index in [1.165, 1.54) is 0 Å². The van der Waals surface area contributed by atoms with Crippen LogP contribution < -0.4 is 0 Å². The molecule has 0 radical (unpaired) electrons. The highest BCUT2D eigenvalue weighted by Gasteiger charge is 2.17. The predicted molar refractivity (Wildman–Crippen MR) is 72.6 cm³/mol. The van der Waals surface area contributed by atoms with Crippen molar-refractivity contribution in [3.8, 4) is 0 Å². The van der Waals surface area contributed by atoms with Gasteiger partial charge in [-0.25, -0.2) is 4.79 Å². The molecule has 19 heavy (non-hydrogen) atoms. The Morgan fingerprint density at radius 1 is 1.26 bits per heavy atom. The maximum atomic E-state index is 11.1. The van der Waals surface area contributed by atoms with Crippen LogP contribution in [0.2, 0.25) is 0 Å².